The molecule has 0 atom stereocenters. The van der Waals surface area contributed by atoms with Crippen LogP contribution >= 0.6 is 11.3 Å². The van der Waals surface area contributed by atoms with E-state index < -0.39 is 0 Å². The molecular formula is C16H17N5OS. The van der Waals surface area contributed by atoms with Gasteiger partial charge in [0.2, 0.25) is 0 Å². The van der Waals surface area contributed by atoms with E-state index in [1.807, 2.05) is 37.3 Å². The summed E-state index contributed by atoms with van der Waals surface area (Å²) in [5.74, 6) is 0.562. The third kappa shape index (κ3) is 3.14. The van der Waals surface area contributed by atoms with Gasteiger partial charge in [0.25, 0.3) is 5.91 Å². The molecule has 0 saturated heterocycles. The summed E-state index contributed by atoms with van der Waals surface area (Å²) < 4.78 is 1.59. The topological polar surface area (TPSA) is 72.7 Å². The molecule has 0 aliphatic carbocycles. The zero-order valence-electron chi connectivity index (χ0n) is 13.2. The van der Waals surface area contributed by atoms with Gasteiger partial charge >= 0.3 is 0 Å². The van der Waals surface area contributed by atoms with Gasteiger partial charge in [-0.25, -0.2) is 4.68 Å². The molecule has 0 radical (unpaired) electrons. The monoisotopic (exact) mass is 327 g/mol. The second-order valence-electron chi connectivity index (χ2n) is 5.23. The van der Waals surface area contributed by atoms with Crippen LogP contribution in [0, 0.1) is 6.92 Å². The molecule has 118 valence electrons. The van der Waals surface area contributed by atoms with Gasteiger partial charge in [0, 0.05) is 23.2 Å². The molecule has 1 amide bonds. The van der Waals surface area contributed by atoms with Crippen molar-refractivity contribution in [2.45, 2.75) is 20.3 Å². The number of thiophene rings is 1. The van der Waals surface area contributed by atoms with Crippen LogP contribution in [0.4, 0.5) is 5.69 Å². The van der Waals surface area contributed by atoms with E-state index >= 15 is 0 Å². The van der Waals surface area contributed by atoms with Gasteiger partial charge in [-0.05, 0) is 47.5 Å². The number of tetrazole rings is 1. The number of hydrogen-bond acceptors (Lipinski definition) is 5. The third-order valence-electron chi connectivity index (χ3n) is 3.56. The first kappa shape index (κ1) is 15.4. The number of hydrogen-bond donors (Lipinski definition) is 1. The molecule has 0 fully saturated rings. The summed E-state index contributed by atoms with van der Waals surface area (Å²) in [6, 6.07) is 9.44. The highest BCUT2D eigenvalue weighted by Crippen LogP contribution is 2.24. The molecule has 3 aromatic rings. The molecule has 0 saturated carbocycles. The van der Waals surface area contributed by atoms with E-state index in [4.69, 9.17) is 0 Å². The SMILES string of the molecule is CCc1sc(C(=O)Nc2cccc(-c3nnnn3C)c2)cc1C. The van der Waals surface area contributed by atoms with Gasteiger partial charge in [-0.2, -0.15) is 0 Å². The summed E-state index contributed by atoms with van der Waals surface area (Å²) in [5, 5.41) is 14.4. The Morgan fingerprint density at radius 2 is 2.17 bits per heavy atom. The molecule has 0 spiro atoms. The summed E-state index contributed by atoms with van der Waals surface area (Å²) in [6.07, 6.45) is 0.943. The highest BCUT2D eigenvalue weighted by atomic mass is 32.1. The smallest absolute Gasteiger partial charge is 0.265 e. The number of rotatable bonds is 4. The van der Waals surface area contributed by atoms with E-state index in [9.17, 15) is 4.79 Å². The van der Waals surface area contributed by atoms with Crippen molar-refractivity contribution < 1.29 is 4.79 Å². The summed E-state index contributed by atoms with van der Waals surface area (Å²) in [7, 11) is 1.78. The molecular weight excluding hydrogens is 310 g/mol. The predicted molar refractivity (Wildman–Crippen MR) is 90.6 cm³/mol. The number of amides is 1. The normalized spacial score (nSPS) is 10.7. The number of carbonyl (C=O) groups excluding carboxylic acids is 1. The fourth-order valence-electron chi connectivity index (χ4n) is 2.39. The van der Waals surface area contributed by atoms with Gasteiger partial charge in [-0.15, -0.1) is 16.4 Å². The molecule has 1 aromatic carbocycles. The van der Waals surface area contributed by atoms with Crippen molar-refractivity contribution >= 4 is 22.9 Å². The van der Waals surface area contributed by atoms with Crippen molar-refractivity contribution in [3.05, 3.63) is 45.6 Å². The Hall–Kier alpha value is -2.54. The summed E-state index contributed by atoms with van der Waals surface area (Å²) in [6.45, 7) is 4.13. The van der Waals surface area contributed by atoms with Crippen LogP contribution in [0.1, 0.15) is 27.0 Å². The number of aromatic nitrogens is 4. The second kappa shape index (κ2) is 6.29. The van der Waals surface area contributed by atoms with Crippen LogP contribution in [-0.2, 0) is 13.5 Å². The van der Waals surface area contributed by atoms with Crippen LogP contribution < -0.4 is 5.32 Å². The van der Waals surface area contributed by atoms with Gasteiger partial charge in [0.15, 0.2) is 5.82 Å². The van der Waals surface area contributed by atoms with Crippen LogP contribution in [0.15, 0.2) is 30.3 Å². The number of aryl methyl sites for hydroxylation is 3. The third-order valence-corrected chi connectivity index (χ3v) is 4.94. The lowest BCUT2D eigenvalue weighted by Crippen LogP contribution is -2.10. The molecule has 0 aliphatic rings. The van der Waals surface area contributed by atoms with E-state index in [-0.39, 0.29) is 5.91 Å². The number of nitrogens with zero attached hydrogens (tertiary/aromatic N) is 4. The van der Waals surface area contributed by atoms with Crippen LogP contribution in [0.3, 0.4) is 0 Å². The summed E-state index contributed by atoms with van der Waals surface area (Å²) in [4.78, 5) is 14.4. The standard InChI is InChI=1S/C16H17N5OS/c1-4-13-10(2)8-14(23-13)16(22)17-12-7-5-6-11(9-12)15-18-19-20-21(15)3/h5-9H,4H2,1-3H3,(H,17,22). The first-order valence-electron chi connectivity index (χ1n) is 7.32. The maximum atomic E-state index is 12.4. The van der Waals surface area contributed by atoms with Crippen molar-refractivity contribution in [1.29, 1.82) is 0 Å². The summed E-state index contributed by atoms with van der Waals surface area (Å²) >= 11 is 1.54. The van der Waals surface area contributed by atoms with Gasteiger partial charge in [0.05, 0.1) is 4.88 Å². The Kier molecular flexibility index (Phi) is 4.20. The Balaban J connectivity index is 1.82. The predicted octanol–water partition coefficient (Wildman–Crippen LogP) is 3.06. The number of benzene rings is 1. The molecule has 2 heterocycles. The van der Waals surface area contributed by atoms with Crippen molar-refractivity contribution in [1.82, 2.24) is 20.2 Å². The molecule has 3 rings (SSSR count). The van der Waals surface area contributed by atoms with Crippen molar-refractivity contribution in [2.75, 3.05) is 5.32 Å². The van der Waals surface area contributed by atoms with Crippen LogP contribution in [0.25, 0.3) is 11.4 Å². The average molecular weight is 327 g/mol. The first-order valence-corrected chi connectivity index (χ1v) is 8.13. The minimum atomic E-state index is -0.0916. The van der Waals surface area contributed by atoms with E-state index in [1.165, 1.54) is 10.4 Å². The van der Waals surface area contributed by atoms with E-state index in [1.54, 1.807) is 23.1 Å². The molecule has 2 aromatic heterocycles. The first-order chi connectivity index (χ1) is 11.1. The zero-order chi connectivity index (χ0) is 16.4. The van der Waals surface area contributed by atoms with Crippen molar-refractivity contribution in [3.8, 4) is 11.4 Å². The minimum Gasteiger partial charge on any atom is -0.321 e. The second-order valence-corrected chi connectivity index (χ2v) is 6.37. The van der Waals surface area contributed by atoms with E-state index in [0.717, 1.165) is 22.5 Å². The van der Waals surface area contributed by atoms with Crippen LogP contribution in [0.2, 0.25) is 0 Å². The fourth-order valence-corrected chi connectivity index (χ4v) is 3.39. The summed E-state index contributed by atoms with van der Waals surface area (Å²) in [5.41, 5.74) is 2.74. The quantitative estimate of drug-likeness (QED) is 0.799. The van der Waals surface area contributed by atoms with Crippen LogP contribution in [-0.4, -0.2) is 26.1 Å². The minimum absolute atomic E-state index is 0.0916. The molecule has 6 nitrogen and oxygen atoms in total. The van der Waals surface area contributed by atoms with Gasteiger partial charge in [-0.1, -0.05) is 19.1 Å². The van der Waals surface area contributed by atoms with E-state index in [2.05, 4.69) is 27.8 Å². The molecule has 23 heavy (non-hydrogen) atoms. The Labute approximate surface area is 138 Å². The lowest BCUT2D eigenvalue weighted by Gasteiger charge is -2.05. The fraction of sp³-hybridized carbons (Fsp3) is 0.250. The molecule has 0 aliphatic heterocycles. The highest BCUT2D eigenvalue weighted by Gasteiger charge is 2.13. The highest BCUT2D eigenvalue weighted by molar-refractivity contribution is 7.14. The maximum absolute atomic E-state index is 12.4. The van der Waals surface area contributed by atoms with Crippen LogP contribution in [0.5, 0.6) is 0 Å². The lowest BCUT2D eigenvalue weighted by atomic mass is 10.2. The average Bonchev–Trinajstić information content (AvgIpc) is 3.13. The van der Waals surface area contributed by atoms with Crippen molar-refractivity contribution in [3.63, 3.8) is 0 Å². The molecule has 7 heteroatoms. The zero-order valence-corrected chi connectivity index (χ0v) is 14.0. The number of nitrogens with one attached hydrogen (secondary N) is 1. The maximum Gasteiger partial charge on any atom is 0.265 e. The van der Waals surface area contributed by atoms with E-state index in [0.29, 0.717) is 5.82 Å². The lowest BCUT2D eigenvalue weighted by molar-refractivity contribution is 0.103. The number of anilines is 1. The Morgan fingerprint density at radius 3 is 2.83 bits per heavy atom. The van der Waals surface area contributed by atoms with Gasteiger partial charge in [-0.3, -0.25) is 4.79 Å². The Bertz CT molecular complexity index is 852. The molecule has 0 unspecified atom stereocenters. The van der Waals surface area contributed by atoms with Crippen molar-refractivity contribution in [2.24, 2.45) is 7.05 Å². The van der Waals surface area contributed by atoms with Gasteiger partial charge < -0.3 is 5.32 Å². The number of carbonyl (C=O) groups is 1. The largest absolute Gasteiger partial charge is 0.321 e. The Morgan fingerprint density at radius 1 is 1.35 bits per heavy atom. The molecule has 1 N–H and O–H groups in total. The molecule has 0 bridgehead atoms. The van der Waals surface area contributed by atoms with Gasteiger partial charge in [0.1, 0.15) is 0 Å².